The first-order valence-corrected chi connectivity index (χ1v) is 7.28. The van der Waals surface area contributed by atoms with Gasteiger partial charge in [-0.3, -0.25) is 0 Å². The molecule has 0 saturated carbocycles. The van der Waals surface area contributed by atoms with Crippen molar-refractivity contribution in [1.29, 1.82) is 0 Å². The van der Waals surface area contributed by atoms with E-state index in [1.165, 1.54) is 0 Å². The van der Waals surface area contributed by atoms with Crippen molar-refractivity contribution in [2.75, 3.05) is 0 Å². The lowest BCUT2D eigenvalue weighted by Crippen LogP contribution is -2.35. The van der Waals surface area contributed by atoms with Crippen molar-refractivity contribution in [1.82, 2.24) is 5.32 Å². The van der Waals surface area contributed by atoms with Crippen molar-refractivity contribution >= 4 is 39.9 Å². The molecule has 1 aromatic rings. The van der Waals surface area contributed by atoms with Crippen LogP contribution in [0.3, 0.4) is 0 Å². The molecule has 1 aromatic carbocycles. The molecular weight excluding hydrogens is 346 g/mol. The van der Waals surface area contributed by atoms with E-state index in [9.17, 15) is 9.59 Å². The van der Waals surface area contributed by atoms with Gasteiger partial charge in [0.05, 0.1) is 6.04 Å². The molecule has 1 rings (SSSR count). The molecule has 1 amide bonds. The van der Waals surface area contributed by atoms with Gasteiger partial charge in [-0.2, -0.15) is 0 Å². The van der Waals surface area contributed by atoms with Crippen LogP contribution in [-0.2, 0) is 9.53 Å². The summed E-state index contributed by atoms with van der Waals surface area (Å²) in [5.74, 6) is 0. The lowest BCUT2D eigenvalue weighted by Gasteiger charge is -2.23. The zero-order chi connectivity index (χ0) is 15.3. The van der Waals surface area contributed by atoms with Crippen LogP contribution in [-0.4, -0.2) is 18.0 Å². The largest absolute Gasteiger partial charge is 0.444 e. The van der Waals surface area contributed by atoms with E-state index in [1.807, 2.05) is 0 Å². The van der Waals surface area contributed by atoms with Crippen LogP contribution in [0.2, 0.25) is 5.02 Å². The standard InChI is InChI=1S/C14H17BrClNO3/c1-14(2,3)20-13(19)17-12(6-7-18)10-5-4-9(16)8-11(10)15/h4-5,7-8,12H,6H2,1-3H3,(H,17,19)/t12-/m0/s1. The van der Waals surface area contributed by atoms with Crippen molar-refractivity contribution in [3.63, 3.8) is 0 Å². The van der Waals surface area contributed by atoms with Gasteiger partial charge in [-0.25, -0.2) is 4.79 Å². The van der Waals surface area contributed by atoms with Crippen LogP contribution in [0.1, 0.15) is 38.8 Å². The summed E-state index contributed by atoms with van der Waals surface area (Å²) in [5, 5.41) is 3.26. The Kier molecular flexibility index (Phi) is 6.02. The molecule has 0 aliphatic heterocycles. The molecule has 0 saturated heterocycles. The molecule has 0 fully saturated rings. The number of alkyl carbamates (subject to hydrolysis) is 1. The number of aldehydes is 1. The Morgan fingerprint density at radius 2 is 2.15 bits per heavy atom. The highest BCUT2D eigenvalue weighted by atomic mass is 79.9. The highest BCUT2D eigenvalue weighted by molar-refractivity contribution is 9.10. The molecule has 20 heavy (non-hydrogen) atoms. The molecule has 6 heteroatoms. The van der Waals surface area contributed by atoms with Gasteiger partial charge in [0.15, 0.2) is 0 Å². The summed E-state index contributed by atoms with van der Waals surface area (Å²) in [7, 11) is 0. The minimum atomic E-state index is -0.590. The van der Waals surface area contributed by atoms with Gasteiger partial charge in [0.2, 0.25) is 0 Å². The number of amides is 1. The summed E-state index contributed by atoms with van der Waals surface area (Å²) >= 11 is 9.26. The number of carbonyl (C=O) groups is 2. The Hall–Kier alpha value is -1.07. The van der Waals surface area contributed by atoms with Gasteiger partial charge in [-0.1, -0.05) is 33.6 Å². The third-order valence-electron chi connectivity index (χ3n) is 2.36. The van der Waals surface area contributed by atoms with Gasteiger partial charge in [0.25, 0.3) is 0 Å². The normalized spacial score (nSPS) is 12.7. The zero-order valence-electron chi connectivity index (χ0n) is 11.6. The topological polar surface area (TPSA) is 55.4 Å². The molecule has 1 N–H and O–H groups in total. The van der Waals surface area contributed by atoms with E-state index in [0.29, 0.717) is 5.02 Å². The van der Waals surface area contributed by atoms with E-state index < -0.39 is 17.7 Å². The number of rotatable bonds is 4. The van der Waals surface area contributed by atoms with Crippen LogP contribution >= 0.6 is 27.5 Å². The first kappa shape index (κ1) is 17.0. The van der Waals surface area contributed by atoms with Gasteiger partial charge < -0.3 is 14.8 Å². The number of hydrogen-bond acceptors (Lipinski definition) is 3. The first-order valence-electron chi connectivity index (χ1n) is 6.11. The average Bonchev–Trinajstić information content (AvgIpc) is 2.25. The second-order valence-electron chi connectivity index (χ2n) is 5.27. The Morgan fingerprint density at radius 3 is 2.65 bits per heavy atom. The Bertz CT molecular complexity index is 500. The second kappa shape index (κ2) is 7.09. The molecule has 0 aliphatic carbocycles. The van der Waals surface area contributed by atoms with Crippen molar-refractivity contribution in [2.24, 2.45) is 0 Å². The maximum atomic E-state index is 11.8. The molecule has 4 nitrogen and oxygen atoms in total. The fourth-order valence-electron chi connectivity index (χ4n) is 1.59. The number of hydrogen-bond donors (Lipinski definition) is 1. The summed E-state index contributed by atoms with van der Waals surface area (Å²) in [4.78, 5) is 22.6. The Morgan fingerprint density at radius 1 is 1.50 bits per heavy atom. The van der Waals surface area contributed by atoms with Crippen molar-refractivity contribution < 1.29 is 14.3 Å². The summed E-state index contributed by atoms with van der Waals surface area (Å²) in [6.45, 7) is 5.33. The smallest absolute Gasteiger partial charge is 0.408 e. The molecule has 0 bridgehead atoms. The summed E-state index contributed by atoms with van der Waals surface area (Å²) in [6, 6.07) is 4.72. The molecule has 0 spiro atoms. The number of carbonyl (C=O) groups excluding carboxylic acids is 2. The molecule has 0 aromatic heterocycles. The molecule has 0 aliphatic rings. The summed E-state index contributed by atoms with van der Waals surface area (Å²) in [5.41, 5.74) is 0.180. The van der Waals surface area contributed by atoms with E-state index in [2.05, 4.69) is 21.2 Å². The molecular formula is C14H17BrClNO3. The lowest BCUT2D eigenvalue weighted by atomic mass is 10.0. The maximum Gasteiger partial charge on any atom is 0.408 e. The average molecular weight is 363 g/mol. The minimum absolute atomic E-state index is 0.152. The SMILES string of the molecule is CC(C)(C)OC(=O)N[C@@H](CC=O)c1ccc(Cl)cc1Br. The van der Waals surface area contributed by atoms with Gasteiger partial charge >= 0.3 is 6.09 Å². The predicted octanol–water partition coefficient (Wildman–Crippen LogP) is 4.26. The number of benzene rings is 1. The van der Waals surface area contributed by atoms with Gasteiger partial charge in [0, 0.05) is 15.9 Å². The van der Waals surface area contributed by atoms with Gasteiger partial charge in [-0.05, 0) is 38.5 Å². The summed E-state index contributed by atoms with van der Waals surface area (Å²) in [6.07, 6.45) is 0.342. The van der Waals surface area contributed by atoms with Gasteiger partial charge in [-0.15, -0.1) is 0 Å². The van der Waals surface area contributed by atoms with Crippen LogP contribution in [0.15, 0.2) is 22.7 Å². The Labute approximate surface area is 132 Å². The van der Waals surface area contributed by atoms with E-state index in [-0.39, 0.29) is 6.42 Å². The van der Waals surface area contributed by atoms with E-state index in [1.54, 1.807) is 39.0 Å². The molecule has 0 heterocycles. The van der Waals surface area contributed by atoms with Crippen molar-refractivity contribution in [3.8, 4) is 0 Å². The Balaban J connectivity index is 2.89. The lowest BCUT2D eigenvalue weighted by molar-refractivity contribution is -0.108. The molecule has 110 valence electrons. The minimum Gasteiger partial charge on any atom is -0.444 e. The van der Waals surface area contributed by atoms with E-state index in [4.69, 9.17) is 16.3 Å². The second-order valence-corrected chi connectivity index (χ2v) is 6.56. The molecule has 1 atom stereocenters. The molecule has 0 radical (unpaired) electrons. The van der Waals surface area contributed by atoms with Crippen LogP contribution in [0.4, 0.5) is 4.79 Å². The summed E-state index contributed by atoms with van der Waals surface area (Å²) < 4.78 is 5.92. The third-order valence-corrected chi connectivity index (χ3v) is 3.28. The van der Waals surface area contributed by atoms with Crippen LogP contribution in [0.5, 0.6) is 0 Å². The van der Waals surface area contributed by atoms with E-state index >= 15 is 0 Å². The fourth-order valence-corrected chi connectivity index (χ4v) is 2.55. The van der Waals surface area contributed by atoms with Crippen LogP contribution < -0.4 is 5.32 Å². The number of nitrogens with one attached hydrogen (secondary N) is 1. The van der Waals surface area contributed by atoms with Crippen LogP contribution in [0.25, 0.3) is 0 Å². The van der Waals surface area contributed by atoms with Gasteiger partial charge in [0.1, 0.15) is 11.9 Å². The highest BCUT2D eigenvalue weighted by Gasteiger charge is 2.21. The zero-order valence-corrected chi connectivity index (χ0v) is 13.9. The third kappa shape index (κ3) is 5.51. The van der Waals surface area contributed by atoms with Crippen LogP contribution in [0, 0.1) is 0 Å². The fraction of sp³-hybridized carbons (Fsp3) is 0.429. The van der Waals surface area contributed by atoms with Crippen molar-refractivity contribution in [2.45, 2.75) is 38.8 Å². The highest BCUT2D eigenvalue weighted by Crippen LogP contribution is 2.28. The van der Waals surface area contributed by atoms with E-state index in [0.717, 1.165) is 16.3 Å². The quantitative estimate of drug-likeness (QED) is 0.814. The predicted molar refractivity (Wildman–Crippen MR) is 81.9 cm³/mol. The first-order chi connectivity index (χ1) is 9.23. The number of ether oxygens (including phenoxy) is 1. The maximum absolute atomic E-state index is 11.8. The monoisotopic (exact) mass is 361 g/mol. The van der Waals surface area contributed by atoms with Crippen molar-refractivity contribution in [3.05, 3.63) is 33.3 Å². The molecule has 0 unspecified atom stereocenters. The number of halogens is 2.